The van der Waals surface area contributed by atoms with Gasteiger partial charge in [-0.25, -0.2) is 4.39 Å². The molecule has 5 rings (SSSR count). The van der Waals surface area contributed by atoms with E-state index in [2.05, 4.69) is 30.8 Å². The monoisotopic (exact) mass is 403 g/mol. The summed E-state index contributed by atoms with van der Waals surface area (Å²) in [6.45, 7) is 1.92. The lowest BCUT2D eigenvalue weighted by Crippen LogP contribution is -2.04. The molecule has 0 fully saturated rings. The fraction of sp³-hybridized carbons (Fsp3) is 0.100. The van der Waals surface area contributed by atoms with Gasteiger partial charge in [-0.05, 0) is 36.4 Å². The van der Waals surface area contributed by atoms with Crippen LogP contribution in [-0.4, -0.2) is 35.6 Å². The van der Waals surface area contributed by atoms with Crippen LogP contribution in [0.15, 0.2) is 63.5 Å². The highest BCUT2D eigenvalue weighted by Crippen LogP contribution is 2.33. The van der Waals surface area contributed by atoms with Crippen LogP contribution in [-0.2, 0) is 6.54 Å². The second kappa shape index (κ2) is 7.32. The molecular weight excluding hydrogens is 389 g/mol. The molecule has 0 bridgehead atoms. The fourth-order valence-electron chi connectivity index (χ4n) is 2.98. The zero-order valence-corrected chi connectivity index (χ0v) is 15.7. The Bertz CT molecular complexity index is 1290. The van der Waals surface area contributed by atoms with Crippen molar-refractivity contribution in [3.05, 3.63) is 72.1 Å². The van der Waals surface area contributed by atoms with E-state index in [0.717, 1.165) is 5.56 Å². The van der Waals surface area contributed by atoms with Crippen LogP contribution < -0.4 is 0 Å². The average molecular weight is 403 g/mol. The first-order chi connectivity index (χ1) is 14.7. The Morgan fingerprint density at radius 3 is 2.53 bits per heavy atom. The first kappa shape index (κ1) is 17.9. The minimum atomic E-state index is -0.330. The molecule has 0 amide bonds. The third-order valence-corrected chi connectivity index (χ3v) is 4.42. The Balaban J connectivity index is 1.40. The quantitative estimate of drug-likeness (QED) is 0.438. The molecule has 0 unspecified atom stereocenters. The molecule has 30 heavy (non-hydrogen) atoms. The number of nitrogens with zero attached hydrogens (tertiary/aromatic N) is 7. The summed E-state index contributed by atoms with van der Waals surface area (Å²) >= 11 is 0. The minimum Gasteiger partial charge on any atom is -0.418 e. The van der Waals surface area contributed by atoms with Crippen molar-refractivity contribution in [3.8, 4) is 34.1 Å². The molecule has 9 nitrogen and oxygen atoms in total. The summed E-state index contributed by atoms with van der Waals surface area (Å²) in [4.78, 5) is 1.33. The summed E-state index contributed by atoms with van der Waals surface area (Å²) in [5.41, 5.74) is 2.80. The third kappa shape index (κ3) is 3.34. The molecule has 2 aromatic carbocycles. The molecule has 0 aliphatic rings. The van der Waals surface area contributed by atoms with Crippen LogP contribution in [0.3, 0.4) is 0 Å². The minimum absolute atomic E-state index is 0.131. The summed E-state index contributed by atoms with van der Waals surface area (Å²) in [6.07, 6.45) is 0. The van der Waals surface area contributed by atoms with Crippen LogP contribution in [0.1, 0.15) is 11.7 Å². The van der Waals surface area contributed by atoms with Crippen molar-refractivity contribution in [1.82, 2.24) is 35.6 Å². The molecule has 0 aliphatic carbocycles. The molecule has 0 saturated carbocycles. The number of hydrogen-bond acceptors (Lipinski definition) is 8. The zero-order chi connectivity index (χ0) is 20.5. The molecule has 10 heteroatoms. The van der Waals surface area contributed by atoms with Crippen molar-refractivity contribution in [3.63, 3.8) is 0 Å². The predicted molar refractivity (Wildman–Crippen MR) is 102 cm³/mol. The molecule has 0 spiro atoms. The van der Waals surface area contributed by atoms with E-state index in [1.807, 2.05) is 30.3 Å². The van der Waals surface area contributed by atoms with Gasteiger partial charge in [-0.3, -0.25) is 0 Å². The van der Waals surface area contributed by atoms with Crippen LogP contribution in [0.2, 0.25) is 0 Å². The van der Waals surface area contributed by atoms with E-state index in [1.54, 1.807) is 19.1 Å². The molecule has 0 atom stereocenters. The van der Waals surface area contributed by atoms with E-state index in [9.17, 15) is 4.39 Å². The van der Waals surface area contributed by atoms with Crippen molar-refractivity contribution in [2.24, 2.45) is 0 Å². The van der Waals surface area contributed by atoms with E-state index in [0.29, 0.717) is 40.2 Å². The molecular formula is C20H14FN7O2. The largest absolute Gasteiger partial charge is 0.418 e. The van der Waals surface area contributed by atoms with Crippen molar-refractivity contribution >= 4 is 0 Å². The Kier molecular flexibility index (Phi) is 4.36. The molecule has 3 heterocycles. The first-order valence-electron chi connectivity index (χ1n) is 9.05. The highest BCUT2D eigenvalue weighted by atomic mass is 19.1. The number of benzene rings is 2. The van der Waals surface area contributed by atoms with E-state index < -0.39 is 0 Å². The Morgan fingerprint density at radius 1 is 0.933 bits per heavy atom. The first-order valence-corrected chi connectivity index (χ1v) is 9.05. The molecule has 0 aliphatic heterocycles. The molecule has 0 N–H and O–H groups in total. The maximum atomic E-state index is 13.1. The van der Waals surface area contributed by atoms with Gasteiger partial charge in [-0.1, -0.05) is 35.5 Å². The van der Waals surface area contributed by atoms with Crippen molar-refractivity contribution in [2.45, 2.75) is 13.5 Å². The van der Waals surface area contributed by atoms with Crippen molar-refractivity contribution in [2.75, 3.05) is 0 Å². The summed E-state index contributed by atoms with van der Waals surface area (Å²) in [5.74, 6) is 1.20. The highest BCUT2D eigenvalue weighted by molar-refractivity contribution is 5.77. The van der Waals surface area contributed by atoms with E-state index in [4.69, 9.17) is 8.94 Å². The van der Waals surface area contributed by atoms with Gasteiger partial charge >= 0.3 is 0 Å². The zero-order valence-electron chi connectivity index (χ0n) is 15.7. The number of tetrazole rings is 1. The summed E-state index contributed by atoms with van der Waals surface area (Å²) in [7, 11) is 0. The third-order valence-electron chi connectivity index (χ3n) is 4.42. The van der Waals surface area contributed by atoms with Gasteiger partial charge in [0.2, 0.25) is 11.7 Å². The van der Waals surface area contributed by atoms with Gasteiger partial charge in [0.15, 0.2) is 0 Å². The Morgan fingerprint density at radius 2 is 1.73 bits per heavy atom. The Labute approximate surface area is 169 Å². The van der Waals surface area contributed by atoms with Crippen LogP contribution in [0.5, 0.6) is 0 Å². The second-order valence-corrected chi connectivity index (χ2v) is 6.48. The summed E-state index contributed by atoms with van der Waals surface area (Å²) in [5, 5.41) is 24.6. The summed E-state index contributed by atoms with van der Waals surface area (Å²) in [6, 6.07) is 15.4. The van der Waals surface area contributed by atoms with Gasteiger partial charge in [0.25, 0.3) is 5.89 Å². The average Bonchev–Trinajstić information content (AvgIpc) is 3.50. The number of rotatable bonds is 5. The smallest absolute Gasteiger partial charge is 0.253 e. The van der Waals surface area contributed by atoms with Gasteiger partial charge < -0.3 is 8.94 Å². The van der Waals surface area contributed by atoms with Gasteiger partial charge in [-0.2, -0.15) is 4.80 Å². The van der Waals surface area contributed by atoms with Crippen LogP contribution in [0, 0.1) is 12.7 Å². The normalized spacial score (nSPS) is 11.1. The lowest BCUT2D eigenvalue weighted by molar-refractivity contribution is 0.399. The lowest BCUT2D eigenvalue weighted by Gasteiger charge is -1.98. The number of aromatic nitrogens is 7. The highest BCUT2D eigenvalue weighted by Gasteiger charge is 2.22. The van der Waals surface area contributed by atoms with Crippen molar-refractivity contribution in [1.29, 1.82) is 0 Å². The Hall–Kier alpha value is -4.21. The van der Waals surface area contributed by atoms with E-state index in [-0.39, 0.29) is 12.4 Å². The van der Waals surface area contributed by atoms with Crippen LogP contribution in [0.25, 0.3) is 34.1 Å². The van der Waals surface area contributed by atoms with Gasteiger partial charge in [0.1, 0.15) is 29.4 Å². The molecule has 0 radical (unpaired) electrons. The number of aryl methyl sites for hydroxylation is 1. The summed E-state index contributed by atoms with van der Waals surface area (Å²) < 4.78 is 24.2. The molecule has 148 valence electrons. The van der Waals surface area contributed by atoms with Gasteiger partial charge in [0, 0.05) is 11.1 Å². The molecule has 5 aromatic rings. The fourth-order valence-corrected chi connectivity index (χ4v) is 2.98. The topological polar surface area (TPSA) is 109 Å². The van der Waals surface area contributed by atoms with Crippen molar-refractivity contribution < 1.29 is 13.3 Å². The number of halogens is 1. The maximum absolute atomic E-state index is 13.1. The van der Waals surface area contributed by atoms with E-state index >= 15 is 0 Å². The molecule has 0 saturated heterocycles. The van der Waals surface area contributed by atoms with Gasteiger partial charge in [0.05, 0.1) is 0 Å². The van der Waals surface area contributed by atoms with Gasteiger partial charge in [-0.15, -0.1) is 20.4 Å². The second-order valence-electron chi connectivity index (χ2n) is 6.48. The lowest BCUT2D eigenvalue weighted by atomic mass is 10.1. The van der Waals surface area contributed by atoms with Crippen LogP contribution in [0.4, 0.5) is 4.39 Å². The molecule has 3 aromatic heterocycles. The SMILES string of the molecule is Cc1onc(-c2ccccc2)c1-c1nnc(Cn2nnc(-c3ccc(F)cc3)n2)o1. The maximum Gasteiger partial charge on any atom is 0.253 e. The van der Waals surface area contributed by atoms with Crippen LogP contribution >= 0.6 is 0 Å². The van der Waals surface area contributed by atoms with E-state index in [1.165, 1.54) is 16.9 Å². The number of hydrogen-bond donors (Lipinski definition) is 0. The predicted octanol–water partition coefficient (Wildman–Crippen LogP) is 3.54. The standard InChI is InChI=1S/C20H14FN7O2/c1-12-17(18(26-30-12)13-5-3-2-4-6-13)20-24-22-16(29-20)11-28-25-19(23-27-28)14-7-9-15(21)10-8-14/h2-10H,11H2,1H3.